The molecule has 1 aliphatic heterocycles. The summed E-state index contributed by atoms with van der Waals surface area (Å²) < 4.78 is 10.8. The average molecular weight is 417 g/mol. The minimum atomic E-state index is -1.02. The second kappa shape index (κ2) is 9.82. The lowest BCUT2D eigenvalue weighted by Crippen LogP contribution is -2.20. The summed E-state index contributed by atoms with van der Waals surface area (Å²) in [7, 11) is 0. The fraction of sp³-hybridized carbons (Fsp3) is 0.400. The molecule has 8 heteroatoms. The summed E-state index contributed by atoms with van der Waals surface area (Å²) >= 11 is 2.80. The van der Waals surface area contributed by atoms with Crippen LogP contribution in [0.3, 0.4) is 0 Å². The van der Waals surface area contributed by atoms with Crippen molar-refractivity contribution in [2.45, 2.75) is 36.7 Å². The van der Waals surface area contributed by atoms with Gasteiger partial charge in [-0.15, -0.1) is 23.1 Å². The highest BCUT2D eigenvalue weighted by molar-refractivity contribution is 7.99. The Hall–Kier alpha value is -2.21. The van der Waals surface area contributed by atoms with E-state index in [0.717, 1.165) is 35.8 Å². The van der Waals surface area contributed by atoms with Crippen LogP contribution < -0.4 is 0 Å². The number of esters is 1. The van der Waals surface area contributed by atoms with Gasteiger partial charge in [-0.05, 0) is 31.9 Å². The van der Waals surface area contributed by atoms with Crippen molar-refractivity contribution in [1.29, 1.82) is 5.26 Å². The first-order valence-corrected chi connectivity index (χ1v) is 10.8. The van der Waals surface area contributed by atoms with Gasteiger partial charge in [0.05, 0.1) is 17.7 Å². The molecule has 6 nitrogen and oxygen atoms in total. The quantitative estimate of drug-likeness (QED) is 0.478. The zero-order valence-electron chi connectivity index (χ0n) is 15.4. The van der Waals surface area contributed by atoms with Crippen molar-refractivity contribution in [3.63, 3.8) is 0 Å². The number of rotatable bonds is 8. The first-order valence-electron chi connectivity index (χ1n) is 8.93. The normalized spacial score (nSPS) is 17.1. The highest BCUT2D eigenvalue weighted by Crippen LogP contribution is 2.27. The van der Waals surface area contributed by atoms with Crippen molar-refractivity contribution in [3.05, 3.63) is 45.9 Å². The summed E-state index contributed by atoms with van der Waals surface area (Å²) in [5.74, 6) is -1.30. The van der Waals surface area contributed by atoms with Crippen molar-refractivity contribution in [2.24, 2.45) is 0 Å². The van der Waals surface area contributed by atoms with Crippen LogP contribution in [-0.2, 0) is 14.3 Å². The predicted molar refractivity (Wildman–Crippen MR) is 107 cm³/mol. The number of benzene rings is 1. The molecule has 3 rings (SSSR count). The van der Waals surface area contributed by atoms with Gasteiger partial charge < -0.3 is 9.47 Å². The third-order valence-corrected chi connectivity index (χ3v) is 6.47. The Labute approximate surface area is 171 Å². The van der Waals surface area contributed by atoms with Crippen LogP contribution >= 0.6 is 23.1 Å². The van der Waals surface area contributed by atoms with E-state index in [0.29, 0.717) is 10.6 Å². The van der Waals surface area contributed by atoms with Crippen molar-refractivity contribution >= 4 is 34.9 Å². The van der Waals surface area contributed by atoms with Gasteiger partial charge in [0.1, 0.15) is 5.01 Å². The average Bonchev–Trinajstić information content (AvgIpc) is 3.37. The zero-order chi connectivity index (χ0) is 19.9. The number of hydrogen-bond donors (Lipinski definition) is 0. The summed E-state index contributed by atoms with van der Waals surface area (Å²) in [4.78, 5) is 29.8. The smallest absolute Gasteiger partial charge is 0.339 e. The van der Waals surface area contributed by atoms with E-state index in [1.807, 2.05) is 18.2 Å². The largest absolute Gasteiger partial charge is 0.454 e. The first kappa shape index (κ1) is 20.5. The molecule has 0 radical (unpaired) electrons. The van der Waals surface area contributed by atoms with Crippen LogP contribution in [0.25, 0.3) is 0 Å². The van der Waals surface area contributed by atoms with Gasteiger partial charge >= 0.3 is 5.97 Å². The summed E-state index contributed by atoms with van der Waals surface area (Å²) in [6, 6.07) is 9.09. The van der Waals surface area contributed by atoms with Gasteiger partial charge in [-0.3, -0.25) is 4.79 Å². The lowest BCUT2D eigenvalue weighted by Gasteiger charge is -2.12. The molecule has 28 heavy (non-hydrogen) atoms. The third-order valence-electron chi connectivity index (χ3n) is 4.24. The number of ketones is 1. The SMILES string of the molecule is Cc1csc([C@H](C#N)C(=O)COC(=O)c2ccccc2SC[C@@H]2CCCO2)n1. The molecule has 0 unspecified atom stereocenters. The maximum atomic E-state index is 12.5. The minimum absolute atomic E-state index is 0.203. The molecule has 1 saturated heterocycles. The van der Waals surface area contributed by atoms with E-state index in [1.54, 1.807) is 36.2 Å². The number of ether oxygens (including phenoxy) is 2. The van der Waals surface area contributed by atoms with Crippen molar-refractivity contribution < 1.29 is 19.1 Å². The van der Waals surface area contributed by atoms with Crippen LogP contribution in [0.1, 0.15) is 39.8 Å². The Bertz CT molecular complexity index is 884. The van der Waals surface area contributed by atoms with E-state index >= 15 is 0 Å². The van der Waals surface area contributed by atoms with Gasteiger partial charge in [-0.2, -0.15) is 5.26 Å². The molecule has 146 valence electrons. The van der Waals surface area contributed by atoms with Crippen LogP contribution in [-0.4, -0.2) is 41.8 Å². The molecule has 0 saturated carbocycles. The summed E-state index contributed by atoms with van der Waals surface area (Å²) in [5, 5.41) is 11.5. The summed E-state index contributed by atoms with van der Waals surface area (Å²) in [6.45, 7) is 2.13. The fourth-order valence-electron chi connectivity index (χ4n) is 2.79. The Morgan fingerprint density at radius 2 is 2.29 bits per heavy atom. The molecule has 0 amide bonds. The van der Waals surface area contributed by atoms with Crippen LogP contribution in [0.15, 0.2) is 34.5 Å². The molecule has 1 aromatic carbocycles. The van der Waals surface area contributed by atoms with E-state index < -0.39 is 24.3 Å². The molecule has 2 aromatic rings. The number of aromatic nitrogens is 1. The number of carbonyl (C=O) groups is 2. The molecular weight excluding hydrogens is 396 g/mol. The van der Waals surface area contributed by atoms with E-state index in [4.69, 9.17) is 9.47 Å². The number of thiazole rings is 1. The van der Waals surface area contributed by atoms with E-state index in [1.165, 1.54) is 11.3 Å². The Morgan fingerprint density at radius 3 is 2.96 bits per heavy atom. The van der Waals surface area contributed by atoms with Gasteiger partial charge in [0.15, 0.2) is 18.3 Å². The molecule has 0 spiro atoms. The maximum absolute atomic E-state index is 12.5. The topological polar surface area (TPSA) is 89.3 Å². The number of carbonyl (C=O) groups excluding carboxylic acids is 2. The molecule has 0 N–H and O–H groups in total. The van der Waals surface area contributed by atoms with Crippen molar-refractivity contribution in [3.8, 4) is 6.07 Å². The second-order valence-electron chi connectivity index (χ2n) is 6.37. The lowest BCUT2D eigenvalue weighted by molar-refractivity contribution is -0.122. The maximum Gasteiger partial charge on any atom is 0.339 e. The predicted octanol–water partition coefficient (Wildman–Crippen LogP) is 3.76. The van der Waals surface area contributed by atoms with E-state index in [9.17, 15) is 14.9 Å². The standard InChI is InChI=1S/C20H20N2O4S2/c1-13-11-28-19(22-13)16(9-21)17(23)10-26-20(24)15-6-2-3-7-18(15)27-12-14-5-4-8-25-14/h2-3,6-7,11,14,16H,4-5,8,10,12H2,1H3/t14-,16+/m0/s1. The van der Waals surface area contributed by atoms with Crippen LogP contribution in [0.4, 0.5) is 0 Å². The van der Waals surface area contributed by atoms with Gasteiger partial charge in [0.25, 0.3) is 0 Å². The number of nitrogens with zero attached hydrogens (tertiary/aromatic N) is 2. The number of Topliss-reactive ketones (excluding diaryl/α,β-unsaturated/α-hetero) is 1. The molecule has 0 aliphatic carbocycles. The molecular formula is C20H20N2O4S2. The number of aryl methyl sites for hydroxylation is 1. The molecule has 2 heterocycles. The molecule has 0 bridgehead atoms. The van der Waals surface area contributed by atoms with Gasteiger partial charge in [0.2, 0.25) is 0 Å². The second-order valence-corrected chi connectivity index (χ2v) is 8.33. The van der Waals surface area contributed by atoms with E-state index in [2.05, 4.69) is 4.98 Å². The van der Waals surface area contributed by atoms with Crippen molar-refractivity contribution in [2.75, 3.05) is 19.0 Å². The van der Waals surface area contributed by atoms with Crippen LogP contribution in [0.5, 0.6) is 0 Å². The Balaban J connectivity index is 1.59. The van der Waals surface area contributed by atoms with E-state index in [-0.39, 0.29) is 6.10 Å². The van der Waals surface area contributed by atoms with Gasteiger partial charge in [0, 0.05) is 28.3 Å². The number of thioether (sulfide) groups is 1. The third kappa shape index (κ3) is 5.19. The van der Waals surface area contributed by atoms with Crippen LogP contribution in [0, 0.1) is 18.3 Å². The Kier molecular flexibility index (Phi) is 7.20. The fourth-order valence-corrected chi connectivity index (χ4v) is 4.76. The summed E-state index contributed by atoms with van der Waals surface area (Å²) in [5.41, 5.74) is 1.17. The number of hydrogen-bond acceptors (Lipinski definition) is 8. The first-order chi connectivity index (χ1) is 13.6. The van der Waals surface area contributed by atoms with Crippen molar-refractivity contribution in [1.82, 2.24) is 4.98 Å². The monoisotopic (exact) mass is 416 g/mol. The van der Waals surface area contributed by atoms with Gasteiger partial charge in [-0.25, -0.2) is 9.78 Å². The van der Waals surface area contributed by atoms with Crippen LogP contribution in [0.2, 0.25) is 0 Å². The highest BCUT2D eigenvalue weighted by atomic mass is 32.2. The molecule has 2 atom stereocenters. The highest BCUT2D eigenvalue weighted by Gasteiger charge is 2.25. The molecule has 1 aliphatic rings. The van der Waals surface area contributed by atoms with Gasteiger partial charge in [-0.1, -0.05) is 12.1 Å². The number of nitriles is 1. The molecule has 1 fully saturated rings. The lowest BCUT2D eigenvalue weighted by atomic mass is 10.1. The Morgan fingerprint density at radius 1 is 1.46 bits per heavy atom. The minimum Gasteiger partial charge on any atom is -0.454 e. The zero-order valence-corrected chi connectivity index (χ0v) is 17.1. The molecule has 1 aromatic heterocycles. The summed E-state index contributed by atoms with van der Waals surface area (Å²) in [6.07, 6.45) is 2.30.